The van der Waals surface area contributed by atoms with Crippen LogP contribution in [-0.2, 0) is 0 Å². The highest BCUT2D eigenvalue weighted by Crippen LogP contribution is 2.42. The molecule has 1 unspecified atom stereocenters. The molecule has 0 amide bonds. The predicted octanol–water partition coefficient (Wildman–Crippen LogP) is 5.48. The summed E-state index contributed by atoms with van der Waals surface area (Å²) in [5, 5.41) is 0.0132. The molecule has 0 aliphatic carbocycles. The van der Waals surface area contributed by atoms with Crippen molar-refractivity contribution >= 4 is 34.8 Å². The lowest BCUT2D eigenvalue weighted by Gasteiger charge is -2.16. The molecule has 0 heterocycles. The SMILES string of the molecule is COc1cc(Cl)c(C(Cl)c2ccc(F)cc2Cl)cc1OC. The van der Waals surface area contributed by atoms with Gasteiger partial charge in [0, 0.05) is 16.1 Å². The number of benzene rings is 2. The van der Waals surface area contributed by atoms with Crippen LogP contribution in [0.4, 0.5) is 4.39 Å². The highest BCUT2D eigenvalue weighted by Gasteiger charge is 2.20. The maximum atomic E-state index is 13.1. The van der Waals surface area contributed by atoms with E-state index in [0.29, 0.717) is 27.6 Å². The van der Waals surface area contributed by atoms with Crippen molar-refractivity contribution in [2.45, 2.75) is 5.38 Å². The van der Waals surface area contributed by atoms with Gasteiger partial charge in [0.15, 0.2) is 11.5 Å². The van der Waals surface area contributed by atoms with Crippen LogP contribution >= 0.6 is 34.8 Å². The maximum absolute atomic E-state index is 13.1. The molecule has 0 N–H and O–H groups in total. The van der Waals surface area contributed by atoms with Crippen LogP contribution in [0.2, 0.25) is 10.0 Å². The zero-order valence-electron chi connectivity index (χ0n) is 11.3. The summed E-state index contributed by atoms with van der Waals surface area (Å²) < 4.78 is 23.5. The standard InChI is InChI=1S/C15H12Cl3FO2/c1-20-13-6-10(12(17)7-14(13)21-2)15(18)9-4-3-8(19)5-11(9)16/h3-7,15H,1-2H3. The van der Waals surface area contributed by atoms with Crippen molar-refractivity contribution in [2.24, 2.45) is 0 Å². The fourth-order valence-corrected chi connectivity index (χ4v) is 2.96. The lowest BCUT2D eigenvalue weighted by Crippen LogP contribution is -1.99. The summed E-state index contributed by atoms with van der Waals surface area (Å²) in [4.78, 5) is 0. The second-order valence-electron chi connectivity index (χ2n) is 4.26. The van der Waals surface area contributed by atoms with E-state index in [1.807, 2.05) is 0 Å². The zero-order valence-corrected chi connectivity index (χ0v) is 13.6. The summed E-state index contributed by atoms with van der Waals surface area (Å²) >= 11 is 18.7. The first-order valence-electron chi connectivity index (χ1n) is 5.98. The molecule has 6 heteroatoms. The Kier molecular flexibility index (Phi) is 5.20. The molecule has 0 bridgehead atoms. The minimum Gasteiger partial charge on any atom is -0.493 e. The molecule has 0 aromatic heterocycles. The number of methoxy groups -OCH3 is 2. The Balaban J connectivity index is 2.50. The van der Waals surface area contributed by atoms with Gasteiger partial charge in [0.2, 0.25) is 0 Å². The van der Waals surface area contributed by atoms with E-state index in [1.165, 1.54) is 32.4 Å². The van der Waals surface area contributed by atoms with Crippen LogP contribution in [0.1, 0.15) is 16.5 Å². The molecule has 2 rings (SSSR count). The average molecular weight is 350 g/mol. The van der Waals surface area contributed by atoms with Crippen molar-refractivity contribution in [3.8, 4) is 11.5 Å². The van der Waals surface area contributed by atoms with Crippen LogP contribution in [0.5, 0.6) is 11.5 Å². The van der Waals surface area contributed by atoms with E-state index in [1.54, 1.807) is 12.1 Å². The second-order valence-corrected chi connectivity index (χ2v) is 5.51. The summed E-state index contributed by atoms with van der Waals surface area (Å²) in [6, 6.07) is 7.33. The van der Waals surface area contributed by atoms with Gasteiger partial charge in [0.1, 0.15) is 5.82 Å². The van der Waals surface area contributed by atoms with Crippen molar-refractivity contribution in [1.29, 1.82) is 0 Å². The minimum absolute atomic E-state index is 0.237. The molecular weight excluding hydrogens is 338 g/mol. The molecule has 0 spiro atoms. The molecule has 0 saturated heterocycles. The molecule has 1 atom stereocenters. The Morgan fingerprint density at radius 2 is 1.48 bits per heavy atom. The Bertz CT molecular complexity index is 662. The molecule has 112 valence electrons. The third-order valence-corrected chi connectivity index (χ3v) is 4.14. The van der Waals surface area contributed by atoms with Crippen molar-refractivity contribution in [3.05, 3.63) is 57.3 Å². The van der Waals surface area contributed by atoms with Gasteiger partial charge in [-0.25, -0.2) is 4.39 Å². The lowest BCUT2D eigenvalue weighted by atomic mass is 10.0. The van der Waals surface area contributed by atoms with E-state index in [4.69, 9.17) is 44.3 Å². The van der Waals surface area contributed by atoms with Crippen molar-refractivity contribution in [1.82, 2.24) is 0 Å². The van der Waals surface area contributed by atoms with Crippen LogP contribution in [0.3, 0.4) is 0 Å². The molecule has 2 aromatic rings. The van der Waals surface area contributed by atoms with Gasteiger partial charge in [-0.1, -0.05) is 29.3 Å². The van der Waals surface area contributed by atoms with Crippen molar-refractivity contribution in [3.63, 3.8) is 0 Å². The fraction of sp³-hybridized carbons (Fsp3) is 0.200. The molecule has 2 aromatic carbocycles. The van der Waals surface area contributed by atoms with Crippen molar-refractivity contribution < 1.29 is 13.9 Å². The highest BCUT2D eigenvalue weighted by atomic mass is 35.5. The molecule has 21 heavy (non-hydrogen) atoms. The first-order valence-corrected chi connectivity index (χ1v) is 7.17. The summed E-state index contributed by atoms with van der Waals surface area (Å²) in [6.45, 7) is 0. The largest absolute Gasteiger partial charge is 0.493 e. The fourth-order valence-electron chi connectivity index (χ4n) is 1.94. The van der Waals surface area contributed by atoms with Gasteiger partial charge in [-0.15, -0.1) is 11.6 Å². The van der Waals surface area contributed by atoms with E-state index in [2.05, 4.69) is 0 Å². The van der Waals surface area contributed by atoms with Gasteiger partial charge in [0.05, 0.1) is 19.6 Å². The smallest absolute Gasteiger partial charge is 0.162 e. The molecule has 0 saturated carbocycles. The second kappa shape index (κ2) is 6.73. The maximum Gasteiger partial charge on any atom is 0.162 e. The first-order chi connectivity index (χ1) is 9.97. The number of ether oxygens (including phenoxy) is 2. The number of halogens is 4. The van der Waals surface area contributed by atoms with Gasteiger partial charge in [-0.2, -0.15) is 0 Å². The molecule has 2 nitrogen and oxygen atoms in total. The van der Waals surface area contributed by atoms with Crippen LogP contribution in [0.15, 0.2) is 30.3 Å². The van der Waals surface area contributed by atoms with Gasteiger partial charge in [-0.3, -0.25) is 0 Å². The molecule has 0 aliphatic rings. The monoisotopic (exact) mass is 348 g/mol. The molecule has 0 radical (unpaired) electrons. The van der Waals surface area contributed by atoms with E-state index in [9.17, 15) is 4.39 Å². The molecule has 0 aliphatic heterocycles. The van der Waals surface area contributed by atoms with Crippen LogP contribution in [0.25, 0.3) is 0 Å². The number of rotatable bonds is 4. The minimum atomic E-state index is -0.634. The summed E-state index contributed by atoms with van der Waals surface area (Å²) in [5.41, 5.74) is 1.17. The number of alkyl halides is 1. The van der Waals surface area contributed by atoms with E-state index in [-0.39, 0.29) is 5.02 Å². The average Bonchev–Trinajstić information content (AvgIpc) is 2.46. The van der Waals surface area contributed by atoms with Gasteiger partial charge in [-0.05, 0) is 29.3 Å². The van der Waals surface area contributed by atoms with Crippen LogP contribution < -0.4 is 9.47 Å². The Hall–Kier alpha value is -1.16. The van der Waals surface area contributed by atoms with Gasteiger partial charge < -0.3 is 9.47 Å². The third-order valence-electron chi connectivity index (χ3n) is 3.01. The van der Waals surface area contributed by atoms with Crippen LogP contribution in [0, 0.1) is 5.82 Å². The predicted molar refractivity (Wildman–Crippen MR) is 83.7 cm³/mol. The quantitative estimate of drug-likeness (QED) is 0.681. The highest BCUT2D eigenvalue weighted by molar-refractivity contribution is 6.35. The van der Waals surface area contributed by atoms with Gasteiger partial charge >= 0.3 is 0 Å². The first kappa shape index (κ1) is 16.2. The lowest BCUT2D eigenvalue weighted by molar-refractivity contribution is 0.354. The topological polar surface area (TPSA) is 18.5 Å². The summed E-state index contributed by atoms with van der Waals surface area (Å²) in [7, 11) is 3.03. The normalized spacial score (nSPS) is 12.1. The molecule has 0 fully saturated rings. The van der Waals surface area contributed by atoms with Crippen molar-refractivity contribution in [2.75, 3.05) is 14.2 Å². The van der Waals surface area contributed by atoms with E-state index in [0.717, 1.165) is 0 Å². The van der Waals surface area contributed by atoms with Crippen LogP contribution in [-0.4, -0.2) is 14.2 Å². The number of hydrogen-bond acceptors (Lipinski definition) is 2. The van der Waals surface area contributed by atoms with E-state index < -0.39 is 11.2 Å². The Labute approximate surface area is 137 Å². The summed E-state index contributed by atoms with van der Waals surface area (Å²) in [6.07, 6.45) is 0. The summed E-state index contributed by atoms with van der Waals surface area (Å²) in [5.74, 6) is 0.576. The zero-order chi connectivity index (χ0) is 15.6. The number of hydrogen-bond donors (Lipinski definition) is 0. The molecular formula is C15H12Cl3FO2. The Morgan fingerprint density at radius 3 is 2.05 bits per heavy atom. The van der Waals surface area contributed by atoms with Gasteiger partial charge in [0.25, 0.3) is 0 Å². The van der Waals surface area contributed by atoms with E-state index >= 15 is 0 Å². The third kappa shape index (κ3) is 3.37. The Morgan fingerprint density at radius 1 is 0.905 bits per heavy atom.